The Morgan fingerprint density at radius 2 is 1.76 bits per heavy atom. The molecule has 0 atom stereocenters. The number of aromatic nitrogens is 1. The molecule has 0 aliphatic rings. The third kappa shape index (κ3) is 3.92. The molecule has 3 aromatic rings. The molecule has 1 aromatic heterocycles. The summed E-state index contributed by atoms with van der Waals surface area (Å²) < 4.78 is 12.8. The number of methoxy groups -OCH3 is 2. The number of hydrogen-bond acceptors (Lipinski definition) is 4. The number of ether oxygens (including phenoxy) is 2. The van der Waals surface area contributed by atoms with E-state index < -0.39 is 5.91 Å². The average molecular weight is 394 g/mol. The van der Waals surface area contributed by atoms with Crippen LogP contribution in [-0.2, 0) is 13.0 Å². The van der Waals surface area contributed by atoms with E-state index in [0.717, 1.165) is 34.5 Å². The van der Waals surface area contributed by atoms with Gasteiger partial charge in [0.1, 0.15) is 5.75 Å². The third-order valence-electron chi connectivity index (χ3n) is 5.24. The zero-order valence-electron chi connectivity index (χ0n) is 17.2. The van der Waals surface area contributed by atoms with Gasteiger partial charge in [-0.3, -0.25) is 4.79 Å². The molecule has 6 nitrogen and oxygen atoms in total. The van der Waals surface area contributed by atoms with E-state index in [4.69, 9.17) is 15.2 Å². The van der Waals surface area contributed by atoms with Gasteiger partial charge in [0.05, 0.1) is 19.8 Å². The summed E-state index contributed by atoms with van der Waals surface area (Å²) >= 11 is 0. The predicted octanol–water partition coefficient (Wildman–Crippen LogP) is 3.84. The molecule has 2 aromatic carbocycles. The quantitative estimate of drug-likeness (QED) is 0.637. The molecule has 6 heteroatoms. The molecule has 0 fully saturated rings. The van der Waals surface area contributed by atoms with Crippen molar-refractivity contribution < 1.29 is 19.4 Å². The zero-order valence-corrected chi connectivity index (χ0v) is 17.2. The fourth-order valence-electron chi connectivity index (χ4n) is 3.81. The Bertz CT molecular complexity index is 1050. The maximum atomic E-state index is 12.2. The van der Waals surface area contributed by atoms with E-state index in [9.17, 15) is 9.90 Å². The number of phenols is 1. The molecule has 0 saturated carbocycles. The molecule has 1 heterocycles. The lowest BCUT2D eigenvalue weighted by molar-refractivity contribution is 0.1000. The van der Waals surface area contributed by atoms with Crippen LogP contribution in [0.5, 0.6) is 17.2 Å². The van der Waals surface area contributed by atoms with Gasteiger partial charge in [0.15, 0.2) is 11.5 Å². The summed E-state index contributed by atoms with van der Waals surface area (Å²) in [6.07, 6.45) is 0.744. The highest BCUT2D eigenvalue weighted by molar-refractivity contribution is 6.02. The van der Waals surface area contributed by atoms with Crippen molar-refractivity contribution in [1.29, 1.82) is 0 Å². The Labute approximate surface area is 170 Å². The summed E-state index contributed by atoms with van der Waals surface area (Å²) in [4.78, 5) is 12.2. The Kier molecular flexibility index (Phi) is 5.82. The van der Waals surface area contributed by atoms with Crippen LogP contribution in [0, 0.1) is 13.8 Å². The van der Waals surface area contributed by atoms with Crippen LogP contribution in [0.2, 0.25) is 0 Å². The number of aryl methyl sites for hydroxylation is 1. The minimum Gasteiger partial charge on any atom is -0.508 e. The van der Waals surface area contributed by atoms with Crippen molar-refractivity contribution >= 4 is 5.91 Å². The number of amides is 1. The molecule has 3 rings (SSSR count). The monoisotopic (exact) mass is 394 g/mol. The van der Waals surface area contributed by atoms with Crippen molar-refractivity contribution in [3.8, 4) is 28.4 Å². The van der Waals surface area contributed by atoms with Gasteiger partial charge in [-0.05, 0) is 55.7 Å². The minimum atomic E-state index is -0.478. The average Bonchev–Trinajstić information content (AvgIpc) is 2.96. The number of phenolic OH excluding ortho intramolecular Hbond substituents is 1. The first kappa shape index (κ1) is 20.3. The number of aromatic hydroxyl groups is 1. The van der Waals surface area contributed by atoms with Crippen LogP contribution in [0.4, 0.5) is 0 Å². The van der Waals surface area contributed by atoms with E-state index in [1.807, 2.05) is 38.1 Å². The summed E-state index contributed by atoms with van der Waals surface area (Å²) in [6, 6.07) is 12.7. The molecule has 152 valence electrons. The second-order valence-electron chi connectivity index (χ2n) is 6.93. The molecule has 0 aliphatic carbocycles. The molecule has 3 N–H and O–H groups in total. The van der Waals surface area contributed by atoms with Gasteiger partial charge in [-0.1, -0.05) is 18.2 Å². The predicted molar refractivity (Wildman–Crippen MR) is 113 cm³/mol. The van der Waals surface area contributed by atoms with E-state index in [-0.39, 0.29) is 5.75 Å². The topological polar surface area (TPSA) is 86.7 Å². The Morgan fingerprint density at radius 1 is 1.03 bits per heavy atom. The molecule has 29 heavy (non-hydrogen) atoms. The molecule has 0 radical (unpaired) electrons. The number of nitrogens with two attached hydrogens (primary N) is 1. The third-order valence-corrected chi connectivity index (χ3v) is 5.24. The lowest BCUT2D eigenvalue weighted by atomic mass is 10.00. The van der Waals surface area contributed by atoms with Crippen molar-refractivity contribution in [2.24, 2.45) is 5.73 Å². The largest absolute Gasteiger partial charge is 0.508 e. The van der Waals surface area contributed by atoms with E-state index in [2.05, 4.69) is 4.57 Å². The maximum absolute atomic E-state index is 12.2. The fourth-order valence-corrected chi connectivity index (χ4v) is 3.81. The van der Waals surface area contributed by atoms with E-state index in [1.165, 1.54) is 0 Å². The van der Waals surface area contributed by atoms with E-state index >= 15 is 0 Å². The normalized spacial score (nSPS) is 10.8. The van der Waals surface area contributed by atoms with Gasteiger partial charge in [-0.25, -0.2) is 0 Å². The first-order valence-electron chi connectivity index (χ1n) is 9.37. The second kappa shape index (κ2) is 8.31. The standard InChI is InChI=1S/C23H26N2O4/c1-14-21(17-6-5-7-18(26)13-17)22(23(24)27)15(2)25(14)11-10-16-8-9-19(28-3)20(12-16)29-4/h5-9,12-13,26H,10-11H2,1-4H3,(H2,24,27). The molecular formula is C23H26N2O4. The fraction of sp³-hybridized carbons (Fsp3) is 0.261. The van der Waals surface area contributed by atoms with Gasteiger partial charge in [-0.15, -0.1) is 0 Å². The summed E-state index contributed by atoms with van der Waals surface area (Å²) in [7, 11) is 3.22. The molecular weight excluding hydrogens is 368 g/mol. The van der Waals surface area contributed by atoms with Crippen LogP contribution >= 0.6 is 0 Å². The van der Waals surface area contributed by atoms with E-state index in [1.54, 1.807) is 32.4 Å². The van der Waals surface area contributed by atoms with Crippen molar-refractivity contribution in [3.63, 3.8) is 0 Å². The first-order valence-corrected chi connectivity index (χ1v) is 9.37. The summed E-state index contributed by atoms with van der Waals surface area (Å²) in [5, 5.41) is 9.87. The maximum Gasteiger partial charge on any atom is 0.251 e. The smallest absolute Gasteiger partial charge is 0.251 e. The molecule has 0 unspecified atom stereocenters. The Balaban J connectivity index is 1.98. The van der Waals surface area contributed by atoms with Gasteiger partial charge < -0.3 is 24.9 Å². The lowest BCUT2D eigenvalue weighted by Crippen LogP contribution is -2.13. The minimum absolute atomic E-state index is 0.146. The van der Waals surface area contributed by atoms with Gasteiger partial charge >= 0.3 is 0 Å². The SMILES string of the molecule is COc1ccc(CCn2c(C)c(C(N)=O)c(-c3cccc(O)c3)c2C)cc1OC. The number of benzene rings is 2. The number of nitrogens with zero attached hydrogens (tertiary/aromatic N) is 1. The van der Waals surface area contributed by atoms with Crippen LogP contribution in [0.3, 0.4) is 0 Å². The van der Waals surface area contributed by atoms with E-state index in [0.29, 0.717) is 23.6 Å². The summed E-state index contributed by atoms with van der Waals surface area (Å²) in [5.74, 6) is 1.04. The van der Waals surface area contributed by atoms with Crippen molar-refractivity contribution in [2.75, 3.05) is 14.2 Å². The Morgan fingerprint density at radius 3 is 2.38 bits per heavy atom. The molecule has 0 saturated heterocycles. The molecule has 0 spiro atoms. The molecule has 1 amide bonds. The molecule has 0 bridgehead atoms. The van der Waals surface area contributed by atoms with Crippen LogP contribution < -0.4 is 15.2 Å². The first-order chi connectivity index (χ1) is 13.9. The van der Waals surface area contributed by atoms with Gasteiger partial charge in [0, 0.05) is 23.5 Å². The van der Waals surface area contributed by atoms with Crippen LogP contribution in [0.25, 0.3) is 11.1 Å². The van der Waals surface area contributed by atoms with Crippen molar-refractivity contribution in [3.05, 3.63) is 65.0 Å². The van der Waals surface area contributed by atoms with Gasteiger partial charge in [0.2, 0.25) is 0 Å². The molecule has 0 aliphatic heterocycles. The highest BCUT2D eigenvalue weighted by Gasteiger charge is 2.22. The van der Waals surface area contributed by atoms with Crippen molar-refractivity contribution in [1.82, 2.24) is 4.57 Å². The lowest BCUT2D eigenvalue weighted by Gasteiger charge is -2.12. The number of rotatable bonds is 7. The van der Waals surface area contributed by atoms with Gasteiger partial charge in [0.25, 0.3) is 5.91 Å². The van der Waals surface area contributed by atoms with Crippen molar-refractivity contribution in [2.45, 2.75) is 26.8 Å². The number of carbonyl (C=O) groups excluding carboxylic acids is 1. The van der Waals surface area contributed by atoms with Crippen LogP contribution in [0.1, 0.15) is 27.3 Å². The second-order valence-corrected chi connectivity index (χ2v) is 6.93. The summed E-state index contributed by atoms with van der Waals surface area (Å²) in [5.41, 5.74) is 10.6. The van der Waals surface area contributed by atoms with Gasteiger partial charge in [-0.2, -0.15) is 0 Å². The highest BCUT2D eigenvalue weighted by Crippen LogP contribution is 2.34. The van der Waals surface area contributed by atoms with Crippen LogP contribution in [0.15, 0.2) is 42.5 Å². The number of primary amides is 1. The number of hydrogen-bond donors (Lipinski definition) is 2. The number of carbonyl (C=O) groups is 1. The summed E-state index contributed by atoms with van der Waals surface area (Å²) in [6.45, 7) is 4.54. The Hall–Kier alpha value is -3.41. The zero-order chi connectivity index (χ0) is 21.1. The highest BCUT2D eigenvalue weighted by atomic mass is 16.5. The van der Waals surface area contributed by atoms with Crippen LogP contribution in [-0.4, -0.2) is 29.8 Å².